The van der Waals surface area contributed by atoms with E-state index in [9.17, 15) is 9.59 Å². The molecule has 1 spiro atoms. The summed E-state index contributed by atoms with van der Waals surface area (Å²) >= 11 is 0. The fourth-order valence-electron chi connectivity index (χ4n) is 3.69. The molecule has 1 amide bonds. The molecule has 1 aliphatic carbocycles. The predicted octanol–water partition coefficient (Wildman–Crippen LogP) is 3.41. The van der Waals surface area contributed by atoms with E-state index in [1.165, 1.54) is 0 Å². The monoisotopic (exact) mass is 326 g/mol. The zero-order valence-corrected chi connectivity index (χ0v) is 14.4. The number of ether oxygens (including phenoxy) is 1. The molecular weight excluding hydrogens is 304 g/mol. The first-order valence-corrected chi connectivity index (χ1v) is 8.30. The maximum atomic E-state index is 12.4. The fourth-order valence-corrected chi connectivity index (χ4v) is 3.69. The molecule has 2 aliphatic rings. The van der Waals surface area contributed by atoms with Crippen LogP contribution in [0.25, 0.3) is 0 Å². The third kappa shape index (κ3) is 2.89. The lowest BCUT2D eigenvalue weighted by molar-refractivity contribution is 0.0166. The van der Waals surface area contributed by atoms with E-state index in [-0.39, 0.29) is 17.3 Å². The van der Waals surface area contributed by atoms with Crippen molar-refractivity contribution in [3.05, 3.63) is 34.9 Å². The van der Waals surface area contributed by atoms with Gasteiger partial charge in [0.2, 0.25) is 0 Å². The highest BCUT2D eigenvalue weighted by Gasteiger charge is 2.46. The van der Waals surface area contributed by atoms with Gasteiger partial charge in [0.1, 0.15) is 5.60 Å². The molecule has 0 saturated carbocycles. The van der Waals surface area contributed by atoms with Gasteiger partial charge in [-0.05, 0) is 51.3 Å². The minimum absolute atomic E-state index is 0.104. The smallest absolute Gasteiger partial charge is 0.410 e. The third-order valence-corrected chi connectivity index (χ3v) is 4.89. The average molecular weight is 326 g/mol. The summed E-state index contributed by atoms with van der Waals surface area (Å²) in [7, 11) is 0. The second-order valence-electron chi connectivity index (χ2n) is 7.72. The lowest BCUT2D eigenvalue weighted by Gasteiger charge is -2.40. The second kappa shape index (κ2) is 5.62. The van der Waals surface area contributed by atoms with Crippen LogP contribution in [-0.2, 0) is 10.2 Å². The molecule has 126 valence electrons. The maximum Gasteiger partial charge on any atom is 0.410 e. The highest BCUT2D eigenvalue weighted by atomic mass is 16.6. The normalized spacial score (nSPS) is 19.1. The number of fused-ring (bicyclic) bond motifs is 2. The Labute approximate surface area is 142 Å². The Morgan fingerprint density at radius 1 is 1.29 bits per heavy atom. The van der Waals surface area contributed by atoms with Crippen LogP contribution in [0.2, 0.25) is 0 Å². The topological polar surface area (TPSA) is 70.4 Å². The van der Waals surface area contributed by atoms with Crippen molar-refractivity contribution in [3.8, 4) is 6.07 Å². The van der Waals surface area contributed by atoms with Gasteiger partial charge < -0.3 is 9.64 Å². The summed E-state index contributed by atoms with van der Waals surface area (Å²) < 4.78 is 5.43. The molecule has 1 aromatic rings. The van der Waals surface area contributed by atoms with Crippen molar-refractivity contribution >= 4 is 11.9 Å². The number of Topliss-reactive ketones (excluding diaryl/α,β-unsaturated/α-hetero) is 1. The lowest BCUT2D eigenvalue weighted by Crippen LogP contribution is -2.46. The van der Waals surface area contributed by atoms with Crippen LogP contribution in [-0.4, -0.2) is 35.5 Å². The molecular formula is C19H22N2O3. The van der Waals surface area contributed by atoms with E-state index in [0.717, 1.165) is 18.4 Å². The van der Waals surface area contributed by atoms with Crippen molar-refractivity contribution in [2.75, 3.05) is 13.1 Å². The Morgan fingerprint density at radius 3 is 2.54 bits per heavy atom. The Kier molecular flexibility index (Phi) is 3.87. The summed E-state index contributed by atoms with van der Waals surface area (Å²) in [5.41, 5.74) is 1.54. The molecule has 1 aromatic carbocycles. The zero-order valence-electron chi connectivity index (χ0n) is 14.4. The van der Waals surface area contributed by atoms with Gasteiger partial charge in [-0.15, -0.1) is 0 Å². The number of ketones is 1. The van der Waals surface area contributed by atoms with Gasteiger partial charge in [0, 0.05) is 30.5 Å². The van der Waals surface area contributed by atoms with E-state index < -0.39 is 5.60 Å². The SMILES string of the molecule is CC(C)(C)OC(=O)N1CCC2(CC1)CC(=O)c1cc(C#N)ccc12. The molecule has 0 unspecified atom stereocenters. The minimum atomic E-state index is -0.504. The molecule has 5 heteroatoms. The first kappa shape index (κ1) is 16.5. The average Bonchev–Trinajstić information content (AvgIpc) is 2.78. The van der Waals surface area contributed by atoms with E-state index >= 15 is 0 Å². The van der Waals surface area contributed by atoms with Crippen LogP contribution in [0.15, 0.2) is 18.2 Å². The van der Waals surface area contributed by atoms with Gasteiger partial charge in [0.15, 0.2) is 5.78 Å². The summed E-state index contributed by atoms with van der Waals surface area (Å²) in [4.78, 5) is 26.3. The quantitative estimate of drug-likeness (QED) is 0.732. The van der Waals surface area contributed by atoms with Crippen LogP contribution >= 0.6 is 0 Å². The minimum Gasteiger partial charge on any atom is -0.444 e. The van der Waals surface area contributed by atoms with Crippen molar-refractivity contribution in [3.63, 3.8) is 0 Å². The van der Waals surface area contributed by atoms with E-state index in [0.29, 0.717) is 30.6 Å². The molecule has 0 atom stereocenters. The fraction of sp³-hybridized carbons (Fsp3) is 0.526. The van der Waals surface area contributed by atoms with Gasteiger partial charge in [-0.3, -0.25) is 4.79 Å². The Morgan fingerprint density at radius 2 is 1.96 bits per heavy atom. The predicted molar refractivity (Wildman–Crippen MR) is 88.8 cm³/mol. The number of likely N-dealkylation sites (tertiary alicyclic amines) is 1. The van der Waals surface area contributed by atoms with Gasteiger partial charge in [-0.2, -0.15) is 5.26 Å². The number of benzene rings is 1. The van der Waals surface area contributed by atoms with Crippen LogP contribution in [0.3, 0.4) is 0 Å². The number of piperidine rings is 1. The summed E-state index contributed by atoms with van der Waals surface area (Å²) in [5.74, 6) is 0.104. The van der Waals surface area contributed by atoms with E-state index in [1.54, 1.807) is 17.0 Å². The van der Waals surface area contributed by atoms with Crippen LogP contribution in [0.5, 0.6) is 0 Å². The number of amides is 1. The van der Waals surface area contributed by atoms with Gasteiger partial charge in [0.05, 0.1) is 11.6 Å². The molecule has 0 radical (unpaired) electrons. The Balaban J connectivity index is 1.77. The number of rotatable bonds is 0. The molecule has 24 heavy (non-hydrogen) atoms. The number of carbonyl (C=O) groups is 2. The number of hydrogen-bond acceptors (Lipinski definition) is 4. The van der Waals surface area contributed by atoms with Crippen LogP contribution < -0.4 is 0 Å². The third-order valence-electron chi connectivity index (χ3n) is 4.89. The second-order valence-corrected chi connectivity index (χ2v) is 7.72. The van der Waals surface area contributed by atoms with Crippen molar-refractivity contribution < 1.29 is 14.3 Å². The molecule has 1 heterocycles. The lowest BCUT2D eigenvalue weighted by atomic mass is 9.74. The summed E-state index contributed by atoms with van der Waals surface area (Å²) in [5, 5.41) is 9.03. The van der Waals surface area contributed by atoms with Crippen molar-refractivity contribution in [2.45, 2.75) is 51.0 Å². The van der Waals surface area contributed by atoms with Gasteiger partial charge in [0.25, 0.3) is 0 Å². The van der Waals surface area contributed by atoms with Gasteiger partial charge in [-0.25, -0.2) is 4.79 Å². The molecule has 3 rings (SSSR count). The molecule has 0 N–H and O–H groups in total. The number of nitrogens with zero attached hydrogens (tertiary/aromatic N) is 2. The zero-order chi connectivity index (χ0) is 17.5. The summed E-state index contributed by atoms with van der Waals surface area (Å²) in [6.07, 6.45) is 1.68. The van der Waals surface area contributed by atoms with Gasteiger partial charge in [-0.1, -0.05) is 6.07 Å². The van der Waals surface area contributed by atoms with Gasteiger partial charge >= 0.3 is 6.09 Å². The van der Waals surface area contributed by atoms with Crippen LogP contribution in [0.4, 0.5) is 4.79 Å². The van der Waals surface area contributed by atoms with Crippen LogP contribution in [0, 0.1) is 11.3 Å². The first-order chi connectivity index (χ1) is 11.2. The Bertz CT molecular complexity index is 732. The molecule has 1 saturated heterocycles. The maximum absolute atomic E-state index is 12.4. The Hall–Kier alpha value is -2.35. The molecule has 1 aliphatic heterocycles. The first-order valence-electron chi connectivity index (χ1n) is 8.30. The standard InChI is InChI=1S/C19H22N2O3/c1-18(2,3)24-17(23)21-8-6-19(7-9-21)11-16(22)14-10-13(12-20)4-5-15(14)19/h4-5,10H,6-9,11H2,1-3H3. The van der Waals surface area contributed by atoms with E-state index in [2.05, 4.69) is 6.07 Å². The summed E-state index contributed by atoms with van der Waals surface area (Å²) in [6.45, 7) is 6.74. The summed E-state index contributed by atoms with van der Waals surface area (Å²) in [6, 6.07) is 7.49. The number of hydrogen-bond donors (Lipinski definition) is 0. The van der Waals surface area contributed by atoms with E-state index in [4.69, 9.17) is 10.00 Å². The van der Waals surface area contributed by atoms with E-state index in [1.807, 2.05) is 26.8 Å². The largest absolute Gasteiger partial charge is 0.444 e. The highest BCUT2D eigenvalue weighted by molar-refractivity contribution is 6.02. The van der Waals surface area contributed by atoms with Crippen molar-refractivity contribution in [2.24, 2.45) is 0 Å². The number of nitriles is 1. The van der Waals surface area contributed by atoms with Crippen LogP contribution in [0.1, 0.15) is 61.5 Å². The molecule has 0 bridgehead atoms. The number of carbonyl (C=O) groups excluding carboxylic acids is 2. The van der Waals surface area contributed by atoms with Crippen molar-refractivity contribution in [1.29, 1.82) is 5.26 Å². The van der Waals surface area contributed by atoms with Crippen molar-refractivity contribution in [1.82, 2.24) is 4.90 Å². The highest BCUT2D eigenvalue weighted by Crippen LogP contribution is 2.46. The molecule has 5 nitrogen and oxygen atoms in total. The molecule has 0 aromatic heterocycles. The molecule has 1 fully saturated rings.